The number of ether oxygens (including phenoxy) is 1. The van der Waals surface area contributed by atoms with Crippen LogP contribution in [0, 0.1) is 5.92 Å². The smallest absolute Gasteiger partial charge is 0.227 e. The van der Waals surface area contributed by atoms with Crippen LogP contribution >= 0.6 is 11.8 Å². The molecule has 1 aliphatic heterocycles. The maximum absolute atomic E-state index is 12.8. The number of thioether (sulfide) groups is 1. The summed E-state index contributed by atoms with van der Waals surface area (Å²) >= 11 is 1.49. The Labute approximate surface area is 150 Å². The quantitative estimate of drug-likeness (QED) is 0.851. The SMILES string of the molecule is COc1ccc(C2C3=C(CC(C)CC3=O)Nc3nc(SC)nn32)cc1. The molecular formula is C18H20N4O2S. The molecule has 0 saturated heterocycles. The van der Waals surface area contributed by atoms with Gasteiger partial charge in [-0.2, -0.15) is 4.98 Å². The standard InChI is InChI=1S/C18H20N4O2S/c1-10-8-13-15(14(23)9-10)16(11-4-6-12(24-2)7-5-11)22-17(19-13)20-18(21-22)25-3/h4-7,10,16H,8-9H2,1-3H3,(H,19,20,21). The van der Waals surface area contributed by atoms with Gasteiger partial charge in [-0.15, -0.1) is 5.10 Å². The fraction of sp³-hybridized carbons (Fsp3) is 0.389. The maximum Gasteiger partial charge on any atom is 0.227 e. The van der Waals surface area contributed by atoms with E-state index >= 15 is 0 Å². The van der Waals surface area contributed by atoms with Crippen LogP contribution in [0.15, 0.2) is 40.7 Å². The van der Waals surface area contributed by atoms with E-state index in [-0.39, 0.29) is 11.8 Å². The molecular weight excluding hydrogens is 336 g/mol. The third-order valence-electron chi connectivity index (χ3n) is 4.72. The molecule has 2 aliphatic rings. The molecule has 1 aromatic heterocycles. The highest BCUT2D eigenvalue weighted by atomic mass is 32.2. The zero-order chi connectivity index (χ0) is 17.6. The van der Waals surface area contributed by atoms with Crippen LogP contribution in [0.3, 0.4) is 0 Å². The molecule has 0 spiro atoms. The van der Waals surface area contributed by atoms with Crippen molar-refractivity contribution in [2.45, 2.75) is 31.0 Å². The predicted octanol–water partition coefficient (Wildman–Crippen LogP) is 3.28. The summed E-state index contributed by atoms with van der Waals surface area (Å²) < 4.78 is 7.09. The molecule has 1 N–H and O–H groups in total. The summed E-state index contributed by atoms with van der Waals surface area (Å²) in [6.07, 6.45) is 3.38. The average molecular weight is 356 g/mol. The number of aromatic nitrogens is 3. The Kier molecular flexibility index (Phi) is 4.03. The summed E-state index contributed by atoms with van der Waals surface area (Å²) in [5.41, 5.74) is 2.81. The van der Waals surface area contributed by atoms with Gasteiger partial charge in [-0.05, 0) is 36.3 Å². The molecule has 0 radical (unpaired) electrons. The lowest BCUT2D eigenvalue weighted by atomic mass is 9.81. The van der Waals surface area contributed by atoms with E-state index in [1.165, 1.54) is 11.8 Å². The van der Waals surface area contributed by atoms with Crippen LogP contribution < -0.4 is 10.1 Å². The van der Waals surface area contributed by atoms with Crippen LogP contribution in [0.2, 0.25) is 0 Å². The Bertz CT molecular complexity index is 856. The van der Waals surface area contributed by atoms with Gasteiger partial charge in [-0.3, -0.25) is 4.79 Å². The number of ketones is 1. The van der Waals surface area contributed by atoms with Crippen LogP contribution in [0.5, 0.6) is 5.75 Å². The summed E-state index contributed by atoms with van der Waals surface area (Å²) in [5, 5.41) is 8.65. The molecule has 0 amide bonds. The lowest BCUT2D eigenvalue weighted by Gasteiger charge is -2.34. The number of benzene rings is 1. The molecule has 2 heterocycles. The monoisotopic (exact) mass is 356 g/mol. The lowest BCUT2D eigenvalue weighted by molar-refractivity contribution is -0.117. The van der Waals surface area contributed by atoms with Gasteiger partial charge in [0.2, 0.25) is 11.1 Å². The number of anilines is 1. The molecule has 7 heteroatoms. The second-order valence-electron chi connectivity index (χ2n) is 6.50. The average Bonchev–Trinajstić information content (AvgIpc) is 3.02. The van der Waals surface area contributed by atoms with Crippen molar-refractivity contribution in [3.63, 3.8) is 0 Å². The maximum atomic E-state index is 12.8. The highest BCUT2D eigenvalue weighted by Gasteiger charge is 2.38. The van der Waals surface area contributed by atoms with Gasteiger partial charge in [-0.25, -0.2) is 4.68 Å². The van der Waals surface area contributed by atoms with E-state index in [0.717, 1.165) is 29.0 Å². The molecule has 0 fully saturated rings. The fourth-order valence-corrected chi connectivity index (χ4v) is 3.92. The Balaban J connectivity index is 1.87. The molecule has 1 aliphatic carbocycles. The zero-order valence-electron chi connectivity index (χ0n) is 14.4. The van der Waals surface area contributed by atoms with Crippen molar-refractivity contribution >= 4 is 23.5 Å². The minimum atomic E-state index is -0.245. The number of rotatable bonds is 3. The van der Waals surface area contributed by atoms with E-state index in [4.69, 9.17) is 4.74 Å². The van der Waals surface area contributed by atoms with E-state index in [1.54, 1.807) is 7.11 Å². The van der Waals surface area contributed by atoms with Crippen molar-refractivity contribution in [2.75, 3.05) is 18.7 Å². The highest BCUT2D eigenvalue weighted by molar-refractivity contribution is 7.98. The summed E-state index contributed by atoms with van der Waals surface area (Å²) in [4.78, 5) is 17.4. The van der Waals surface area contributed by atoms with Gasteiger partial charge < -0.3 is 10.1 Å². The molecule has 2 atom stereocenters. The molecule has 6 nitrogen and oxygen atoms in total. The van der Waals surface area contributed by atoms with Gasteiger partial charge in [0.1, 0.15) is 11.8 Å². The first-order valence-electron chi connectivity index (χ1n) is 8.28. The minimum absolute atomic E-state index is 0.189. The van der Waals surface area contributed by atoms with Crippen LogP contribution in [0.1, 0.15) is 31.4 Å². The second kappa shape index (κ2) is 6.22. The third kappa shape index (κ3) is 2.72. The molecule has 1 aromatic carbocycles. The van der Waals surface area contributed by atoms with Gasteiger partial charge in [0.25, 0.3) is 0 Å². The van der Waals surface area contributed by atoms with Crippen LogP contribution in [-0.4, -0.2) is 33.9 Å². The van der Waals surface area contributed by atoms with Crippen molar-refractivity contribution in [3.8, 4) is 5.75 Å². The number of nitrogens with zero attached hydrogens (tertiary/aromatic N) is 3. The van der Waals surface area contributed by atoms with E-state index in [9.17, 15) is 4.79 Å². The fourth-order valence-electron chi connectivity index (χ4n) is 3.57. The first-order valence-corrected chi connectivity index (χ1v) is 9.51. The van der Waals surface area contributed by atoms with Crippen molar-refractivity contribution < 1.29 is 9.53 Å². The number of carbonyl (C=O) groups excluding carboxylic acids is 1. The molecule has 0 bridgehead atoms. The van der Waals surface area contributed by atoms with Gasteiger partial charge >= 0.3 is 0 Å². The van der Waals surface area contributed by atoms with E-state index in [0.29, 0.717) is 23.4 Å². The van der Waals surface area contributed by atoms with Gasteiger partial charge in [-0.1, -0.05) is 30.8 Å². The Hall–Kier alpha value is -2.28. The number of allylic oxidation sites excluding steroid dienone is 2. The molecule has 2 unspecified atom stereocenters. The Morgan fingerprint density at radius 1 is 1.28 bits per heavy atom. The normalized spacial score (nSPS) is 22.3. The van der Waals surface area contributed by atoms with Crippen molar-refractivity contribution in [1.29, 1.82) is 0 Å². The summed E-state index contributed by atoms with van der Waals surface area (Å²) in [6.45, 7) is 2.11. The van der Waals surface area contributed by atoms with E-state index in [1.807, 2.05) is 35.2 Å². The van der Waals surface area contributed by atoms with Crippen LogP contribution in [0.4, 0.5) is 5.95 Å². The number of nitrogens with one attached hydrogen (secondary N) is 1. The topological polar surface area (TPSA) is 69.0 Å². The Morgan fingerprint density at radius 3 is 2.72 bits per heavy atom. The minimum Gasteiger partial charge on any atom is -0.497 e. The molecule has 2 aromatic rings. The number of methoxy groups -OCH3 is 1. The van der Waals surface area contributed by atoms with E-state index in [2.05, 4.69) is 22.3 Å². The van der Waals surface area contributed by atoms with Gasteiger partial charge in [0, 0.05) is 17.7 Å². The largest absolute Gasteiger partial charge is 0.497 e. The first kappa shape index (κ1) is 16.2. The predicted molar refractivity (Wildman–Crippen MR) is 97.0 cm³/mol. The molecule has 4 rings (SSSR count). The lowest BCUT2D eigenvalue weighted by Crippen LogP contribution is -2.33. The number of Topliss-reactive ketones (excluding diaryl/α,β-unsaturated/α-hetero) is 1. The summed E-state index contributed by atoms with van der Waals surface area (Å²) in [6, 6.07) is 7.58. The first-order chi connectivity index (χ1) is 12.1. The highest BCUT2D eigenvalue weighted by Crippen LogP contribution is 2.41. The third-order valence-corrected chi connectivity index (χ3v) is 5.26. The molecule has 25 heavy (non-hydrogen) atoms. The van der Waals surface area contributed by atoms with Crippen molar-refractivity contribution in [3.05, 3.63) is 41.1 Å². The van der Waals surface area contributed by atoms with Crippen molar-refractivity contribution in [2.24, 2.45) is 5.92 Å². The number of fused-ring (bicyclic) bond motifs is 1. The zero-order valence-corrected chi connectivity index (χ0v) is 15.3. The Morgan fingerprint density at radius 2 is 2.04 bits per heavy atom. The number of hydrogen-bond acceptors (Lipinski definition) is 6. The number of carbonyl (C=O) groups is 1. The van der Waals surface area contributed by atoms with E-state index < -0.39 is 0 Å². The summed E-state index contributed by atoms with van der Waals surface area (Å²) in [7, 11) is 1.65. The van der Waals surface area contributed by atoms with Crippen molar-refractivity contribution in [1.82, 2.24) is 14.8 Å². The number of hydrogen-bond donors (Lipinski definition) is 1. The van der Waals surface area contributed by atoms with Gasteiger partial charge in [0.15, 0.2) is 5.78 Å². The molecule has 130 valence electrons. The second-order valence-corrected chi connectivity index (χ2v) is 7.27. The van der Waals surface area contributed by atoms with Gasteiger partial charge in [0.05, 0.1) is 7.11 Å². The van der Waals surface area contributed by atoms with Crippen LogP contribution in [0.25, 0.3) is 0 Å². The molecule has 0 saturated carbocycles. The summed E-state index contributed by atoms with van der Waals surface area (Å²) in [5.74, 6) is 2.02. The van der Waals surface area contributed by atoms with Crippen LogP contribution in [-0.2, 0) is 4.79 Å².